The first-order chi connectivity index (χ1) is 7.06. The van der Waals surface area contributed by atoms with E-state index >= 15 is 0 Å². The normalized spacial score (nSPS) is 18.9. The summed E-state index contributed by atoms with van der Waals surface area (Å²) >= 11 is 6.14. The molecule has 0 saturated heterocycles. The first-order valence-electron chi connectivity index (χ1n) is 4.89. The molecule has 0 bridgehead atoms. The maximum atomic E-state index is 11.5. The molecule has 3 N–H and O–H groups in total. The standard InChI is InChI=1S/C11H13ClN2O/c1-5-8-3-7(4-13)9(12)6(2)10(8)14-11(5)15/h3,5H,4,13H2,1-2H3,(H,14,15). The van der Waals surface area contributed by atoms with E-state index in [2.05, 4.69) is 5.32 Å². The smallest absolute Gasteiger partial charge is 0.231 e. The minimum Gasteiger partial charge on any atom is -0.326 e. The van der Waals surface area contributed by atoms with Crippen molar-refractivity contribution in [1.29, 1.82) is 0 Å². The molecule has 80 valence electrons. The summed E-state index contributed by atoms with van der Waals surface area (Å²) in [6, 6.07) is 1.92. The van der Waals surface area contributed by atoms with Crippen LogP contribution in [0.25, 0.3) is 0 Å². The molecule has 1 atom stereocenters. The third kappa shape index (κ3) is 1.43. The Bertz CT molecular complexity index is 443. The van der Waals surface area contributed by atoms with Crippen molar-refractivity contribution < 1.29 is 4.79 Å². The molecule has 1 aromatic rings. The molecule has 0 aromatic heterocycles. The summed E-state index contributed by atoms with van der Waals surface area (Å²) in [6.45, 7) is 4.18. The monoisotopic (exact) mass is 224 g/mol. The van der Waals surface area contributed by atoms with E-state index in [9.17, 15) is 4.79 Å². The van der Waals surface area contributed by atoms with Gasteiger partial charge in [0.1, 0.15) is 0 Å². The zero-order chi connectivity index (χ0) is 11.2. The molecule has 4 heteroatoms. The molecular formula is C11H13ClN2O. The molecule has 3 nitrogen and oxygen atoms in total. The van der Waals surface area contributed by atoms with Crippen LogP contribution in [0.3, 0.4) is 0 Å². The van der Waals surface area contributed by atoms with Crippen LogP contribution in [0.1, 0.15) is 29.5 Å². The second kappa shape index (κ2) is 3.51. The Morgan fingerprint density at radius 2 is 2.27 bits per heavy atom. The van der Waals surface area contributed by atoms with Crippen LogP contribution in [0, 0.1) is 6.92 Å². The lowest BCUT2D eigenvalue weighted by molar-refractivity contribution is -0.116. The van der Waals surface area contributed by atoms with Gasteiger partial charge in [0.2, 0.25) is 5.91 Å². The number of nitrogens with two attached hydrogens (primary N) is 1. The Hall–Kier alpha value is -1.06. The summed E-state index contributed by atoms with van der Waals surface area (Å²) in [5, 5.41) is 3.50. The van der Waals surface area contributed by atoms with Gasteiger partial charge in [-0.25, -0.2) is 0 Å². The summed E-state index contributed by atoms with van der Waals surface area (Å²) in [7, 11) is 0. The van der Waals surface area contributed by atoms with Gasteiger partial charge in [0.15, 0.2) is 0 Å². The van der Waals surface area contributed by atoms with E-state index in [0.29, 0.717) is 11.6 Å². The van der Waals surface area contributed by atoms with Gasteiger partial charge in [0.25, 0.3) is 0 Å². The highest BCUT2D eigenvalue weighted by Crippen LogP contribution is 2.39. The number of hydrogen-bond donors (Lipinski definition) is 2. The van der Waals surface area contributed by atoms with Crippen molar-refractivity contribution in [3.8, 4) is 0 Å². The second-order valence-corrected chi connectivity index (χ2v) is 4.23. The average molecular weight is 225 g/mol. The van der Waals surface area contributed by atoms with Gasteiger partial charge in [-0.1, -0.05) is 17.7 Å². The van der Waals surface area contributed by atoms with Gasteiger partial charge in [-0.15, -0.1) is 0 Å². The topological polar surface area (TPSA) is 55.1 Å². The first-order valence-corrected chi connectivity index (χ1v) is 5.26. The van der Waals surface area contributed by atoms with Gasteiger partial charge in [0, 0.05) is 12.2 Å². The fourth-order valence-corrected chi connectivity index (χ4v) is 2.15. The highest BCUT2D eigenvalue weighted by molar-refractivity contribution is 6.33. The van der Waals surface area contributed by atoms with E-state index in [1.54, 1.807) is 0 Å². The number of amides is 1. The van der Waals surface area contributed by atoms with E-state index in [-0.39, 0.29) is 11.8 Å². The minimum absolute atomic E-state index is 0.0262. The molecule has 1 aliphatic rings. The Labute approximate surface area is 93.6 Å². The average Bonchev–Trinajstić information content (AvgIpc) is 2.50. The molecular weight excluding hydrogens is 212 g/mol. The highest BCUT2D eigenvalue weighted by atomic mass is 35.5. The van der Waals surface area contributed by atoms with Crippen LogP contribution in [0.4, 0.5) is 5.69 Å². The largest absolute Gasteiger partial charge is 0.326 e. The zero-order valence-corrected chi connectivity index (χ0v) is 9.48. The molecule has 1 amide bonds. The fourth-order valence-electron chi connectivity index (χ4n) is 1.92. The van der Waals surface area contributed by atoms with Gasteiger partial charge in [0.05, 0.1) is 10.9 Å². The van der Waals surface area contributed by atoms with Crippen LogP contribution in [-0.2, 0) is 11.3 Å². The Balaban J connectivity index is 2.66. The maximum Gasteiger partial charge on any atom is 0.231 e. The predicted molar refractivity (Wildman–Crippen MR) is 61.1 cm³/mol. The van der Waals surface area contributed by atoms with Crippen LogP contribution >= 0.6 is 11.6 Å². The van der Waals surface area contributed by atoms with Crippen molar-refractivity contribution in [3.05, 3.63) is 27.8 Å². The zero-order valence-electron chi connectivity index (χ0n) is 8.73. The van der Waals surface area contributed by atoms with Crippen molar-refractivity contribution in [2.75, 3.05) is 5.32 Å². The molecule has 1 aromatic carbocycles. The minimum atomic E-state index is -0.110. The number of benzene rings is 1. The number of carbonyl (C=O) groups is 1. The molecule has 0 aliphatic carbocycles. The van der Waals surface area contributed by atoms with Gasteiger partial charge in [-0.05, 0) is 30.5 Å². The van der Waals surface area contributed by atoms with Crippen LogP contribution in [0.15, 0.2) is 6.07 Å². The summed E-state index contributed by atoms with van der Waals surface area (Å²) in [5.74, 6) is -0.0837. The van der Waals surface area contributed by atoms with Crippen molar-refractivity contribution in [2.24, 2.45) is 5.73 Å². The lowest BCUT2D eigenvalue weighted by Crippen LogP contribution is -2.08. The SMILES string of the molecule is Cc1c(Cl)c(CN)cc2c1NC(=O)C2C. The van der Waals surface area contributed by atoms with Crippen molar-refractivity contribution in [3.63, 3.8) is 0 Å². The summed E-state index contributed by atoms with van der Waals surface area (Å²) in [6.07, 6.45) is 0. The van der Waals surface area contributed by atoms with Crippen LogP contribution < -0.4 is 11.1 Å². The first kappa shape index (κ1) is 10.5. The molecule has 0 fully saturated rings. The van der Waals surface area contributed by atoms with E-state index in [0.717, 1.165) is 22.4 Å². The fraction of sp³-hybridized carbons (Fsp3) is 0.364. The third-order valence-electron chi connectivity index (χ3n) is 2.93. The number of hydrogen-bond acceptors (Lipinski definition) is 2. The summed E-state index contributed by atoms with van der Waals surface area (Å²) < 4.78 is 0. The maximum absolute atomic E-state index is 11.5. The van der Waals surface area contributed by atoms with E-state index < -0.39 is 0 Å². The third-order valence-corrected chi connectivity index (χ3v) is 3.46. The number of carbonyl (C=O) groups excluding carboxylic acids is 1. The van der Waals surface area contributed by atoms with Crippen molar-refractivity contribution in [2.45, 2.75) is 26.3 Å². The van der Waals surface area contributed by atoms with Crippen LogP contribution in [0.2, 0.25) is 5.02 Å². The summed E-state index contributed by atoms with van der Waals surface area (Å²) in [5.41, 5.74) is 9.27. The van der Waals surface area contributed by atoms with Gasteiger partial charge in [-0.2, -0.15) is 0 Å². The van der Waals surface area contributed by atoms with E-state index in [4.69, 9.17) is 17.3 Å². The Morgan fingerprint density at radius 1 is 1.60 bits per heavy atom. The van der Waals surface area contributed by atoms with E-state index in [1.165, 1.54) is 0 Å². The number of rotatable bonds is 1. The van der Waals surface area contributed by atoms with Gasteiger partial charge >= 0.3 is 0 Å². The Kier molecular flexibility index (Phi) is 2.44. The van der Waals surface area contributed by atoms with Gasteiger partial charge < -0.3 is 11.1 Å². The quantitative estimate of drug-likeness (QED) is 0.768. The van der Waals surface area contributed by atoms with E-state index in [1.807, 2.05) is 19.9 Å². The summed E-state index contributed by atoms with van der Waals surface area (Å²) in [4.78, 5) is 11.5. The van der Waals surface area contributed by atoms with Crippen LogP contribution in [-0.4, -0.2) is 5.91 Å². The van der Waals surface area contributed by atoms with Crippen molar-refractivity contribution >= 4 is 23.2 Å². The molecule has 1 aliphatic heterocycles. The lowest BCUT2D eigenvalue weighted by Gasteiger charge is -2.11. The molecule has 0 radical (unpaired) electrons. The van der Waals surface area contributed by atoms with Crippen LogP contribution in [0.5, 0.6) is 0 Å². The molecule has 1 heterocycles. The molecule has 15 heavy (non-hydrogen) atoms. The predicted octanol–water partition coefficient (Wildman–Crippen LogP) is 2.16. The second-order valence-electron chi connectivity index (χ2n) is 3.85. The Morgan fingerprint density at radius 3 is 2.87 bits per heavy atom. The molecule has 1 unspecified atom stereocenters. The highest BCUT2D eigenvalue weighted by Gasteiger charge is 2.29. The molecule has 0 spiro atoms. The molecule has 2 rings (SSSR count). The number of halogens is 1. The molecule has 0 saturated carbocycles. The van der Waals surface area contributed by atoms with Gasteiger partial charge in [-0.3, -0.25) is 4.79 Å². The van der Waals surface area contributed by atoms with Crippen molar-refractivity contribution in [1.82, 2.24) is 0 Å². The number of fused-ring (bicyclic) bond motifs is 1. The number of anilines is 1. The lowest BCUT2D eigenvalue weighted by atomic mass is 9.97. The number of nitrogens with one attached hydrogen (secondary N) is 1.